The number of pyridine rings is 1. The van der Waals surface area contributed by atoms with Crippen molar-refractivity contribution in [3.05, 3.63) is 29.6 Å². The quantitative estimate of drug-likeness (QED) is 0.620. The number of guanidine groups is 1. The second-order valence-electron chi connectivity index (χ2n) is 6.14. The number of aromatic nitrogens is 1. The second kappa shape index (κ2) is 9.81. The van der Waals surface area contributed by atoms with Gasteiger partial charge >= 0.3 is 0 Å². The highest BCUT2D eigenvalue weighted by Gasteiger charge is 2.22. The van der Waals surface area contributed by atoms with Crippen molar-refractivity contribution in [3.63, 3.8) is 0 Å². The van der Waals surface area contributed by atoms with Crippen molar-refractivity contribution in [2.24, 2.45) is 4.99 Å². The molecule has 2 unspecified atom stereocenters. The van der Waals surface area contributed by atoms with Gasteiger partial charge in [0.15, 0.2) is 5.96 Å². The minimum absolute atomic E-state index is 0.556. The lowest BCUT2D eigenvalue weighted by Gasteiger charge is -2.30. The van der Waals surface area contributed by atoms with Gasteiger partial charge in [-0.15, -0.1) is 0 Å². The van der Waals surface area contributed by atoms with Crippen molar-refractivity contribution >= 4 is 17.7 Å². The Balaban J connectivity index is 1.73. The summed E-state index contributed by atoms with van der Waals surface area (Å²) in [5, 5.41) is 7.84. The molecular formula is C18H30N4S. The van der Waals surface area contributed by atoms with Crippen molar-refractivity contribution in [3.8, 4) is 0 Å². The Morgan fingerprint density at radius 1 is 1.39 bits per heavy atom. The summed E-state index contributed by atoms with van der Waals surface area (Å²) in [6.07, 6.45) is 8.11. The molecule has 5 heteroatoms. The number of nitrogens with one attached hydrogen (secondary N) is 2. The molecule has 1 heterocycles. The Kier molecular flexibility index (Phi) is 7.72. The van der Waals surface area contributed by atoms with Crippen LogP contribution in [0.2, 0.25) is 0 Å². The van der Waals surface area contributed by atoms with Gasteiger partial charge in [-0.3, -0.25) is 9.98 Å². The first-order chi connectivity index (χ1) is 11.2. The average Bonchev–Trinajstić information content (AvgIpc) is 2.56. The molecule has 0 saturated heterocycles. The van der Waals surface area contributed by atoms with Crippen LogP contribution in [0.5, 0.6) is 0 Å². The molecule has 0 bridgehead atoms. The zero-order chi connectivity index (χ0) is 16.5. The maximum atomic E-state index is 4.37. The van der Waals surface area contributed by atoms with E-state index in [0.29, 0.717) is 6.04 Å². The lowest BCUT2D eigenvalue weighted by atomic mass is 9.95. The maximum Gasteiger partial charge on any atom is 0.191 e. The molecule has 1 fully saturated rings. The number of hydrogen-bond acceptors (Lipinski definition) is 3. The summed E-state index contributed by atoms with van der Waals surface area (Å²) in [5.41, 5.74) is 2.33. The van der Waals surface area contributed by atoms with Gasteiger partial charge in [0.05, 0.1) is 0 Å². The minimum atomic E-state index is 0.556. The third-order valence-electron chi connectivity index (χ3n) is 4.27. The summed E-state index contributed by atoms with van der Waals surface area (Å²) >= 11 is 2.10. The smallest absolute Gasteiger partial charge is 0.191 e. The highest BCUT2D eigenvalue weighted by Crippen LogP contribution is 2.28. The van der Waals surface area contributed by atoms with E-state index in [1.807, 2.05) is 20.2 Å². The molecule has 1 aromatic rings. The van der Waals surface area contributed by atoms with Crippen molar-refractivity contribution in [1.82, 2.24) is 15.6 Å². The Hall–Kier alpha value is -1.23. The highest BCUT2D eigenvalue weighted by molar-refractivity contribution is 7.99. The topological polar surface area (TPSA) is 49.3 Å². The predicted octanol–water partition coefficient (Wildman–Crippen LogP) is 3.16. The van der Waals surface area contributed by atoms with Crippen LogP contribution < -0.4 is 10.6 Å². The number of aryl methyl sites for hydroxylation is 1. The lowest BCUT2D eigenvalue weighted by molar-refractivity contribution is 0.419. The van der Waals surface area contributed by atoms with Crippen LogP contribution in [0.4, 0.5) is 0 Å². The molecule has 4 nitrogen and oxygen atoms in total. The normalized spacial score (nSPS) is 22.0. The van der Waals surface area contributed by atoms with Crippen molar-refractivity contribution in [1.29, 1.82) is 0 Å². The lowest BCUT2D eigenvalue weighted by Crippen LogP contribution is -2.46. The number of hydrogen-bond donors (Lipinski definition) is 2. The van der Waals surface area contributed by atoms with Crippen molar-refractivity contribution < 1.29 is 0 Å². The molecule has 1 aromatic heterocycles. The third-order valence-corrected chi connectivity index (χ3v) is 5.50. The van der Waals surface area contributed by atoms with Gasteiger partial charge in [0.1, 0.15) is 0 Å². The third kappa shape index (κ3) is 6.42. The molecule has 0 amide bonds. The molecule has 2 atom stereocenters. The molecule has 1 saturated carbocycles. The predicted molar refractivity (Wildman–Crippen MR) is 101 cm³/mol. The summed E-state index contributed by atoms with van der Waals surface area (Å²) in [7, 11) is 1.85. The van der Waals surface area contributed by atoms with Gasteiger partial charge in [-0.05, 0) is 50.0 Å². The first-order valence-electron chi connectivity index (χ1n) is 8.71. The summed E-state index contributed by atoms with van der Waals surface area (Å²) in [5.74, 6) is 2.15. The summed E-state index contributed by atoms with van der Waals surface area (Å²) in [6.45, 7) is 5.15. The highest BCUT2D eigenvalue weighted by atomic mass is 32.2. The molecule has 1 aliphatic rings. The molecule has 0 aliphatic heterocycles. The second-order valence-corrected chi connectivity index (χ2v) is 7.72. The fraction of sp³-hybridized carbons (Fsp3) is 0.667. The van der Waals surface area contributed by atoms with E-state index in [-0.39, 0.29) is 0 Å². The molecule has 0 aromatic carbocycles. The fourth-order valence-electron chi connectivity index (χ4n) is 3.02. The number of nitrogens with zero attached hydrogens (tertiary/aromatic N) is 2. The molecule has 1 aliphatic carbocycles. The van der Waals surface area contributed by atoms with Gasteiger partial charge < -0.3 is 10.6 Å². The van der Waals surface area contributed by atoms with Gasteiger partial charge in [0.2, 0.25) is 0 Å². The Morgan fingerprint density at radius 2 is 2.26 bits per heavy atom. The Bertz CT molecular complexity index is 484. The van der Waals surface area contributed by atoms with Gasteiger partial charge in [-0.1, -0.05) is 19.4 Å². The standard InChI is InChI=1S/C18H30N4S/c1-4-23-17-7-5-6-16(12-17)22-18(19-3)20-11-10-15-9-8-14(2)21-13-15/h8-9,13,16-17H,4-7,10-12H2,1-3H3,(H2,19,20,22). The minimum Gasteiger partial charge on any atom is -0.356 e. The van der Waals surface area contributed by atoms with Crippen LogP contribution >= 0.6 is 11.8 Å². The Labute approximate surface area is 145 Å². The fourth-order valence-corrected chi connectivity index (χ4v) is 4.20. The van der Waals surface area contributed by atoms with Crippen molar-refractivity contribution in [2.45, 2.75) is 57.2 Å². The van der Waals surface area contributed by atoms with Crippen LogP contribution in [0.25, 0.3) is 0 Å². The number of rotatable bonds is 6. The monoisotopic (exact) mass is 334 g/mol. The first-order valence-corrected chi connectivity index (χ1v) is 9.76. The van der Waals surface area contributed by atoms with Gasteiger partial charge in [-0.2, -0.15) is 11.8 Å². The van der Waals surface area contributed by atoms with E-state index in [0.717, 1.165) is 29.9 Å². The zero-order valence-electron chi connectivity index (χ0n) is 14.6. The van der Waals surface area contributed by atoms with E-state index >= 15 is 0 Å². The zero-order valence-corrected chi connectivity index (χ0v) is 15.5. The van der Waals surface area contributed by atoms with Crippen LogP contribution in [0.15, 0.2) is 23.3 Å². The molecule has 128 valence electrons. The summed E-state index contributed by atoms with van der Waals surface area (Å²) in [4.78, 5) is 8.71. The van der Waals surface area contributed by atoms with E-state index < -0.39 is 0 Å². The van der Waals surface area contributed by atoms with E-state index in [1.165, 1.54) is 37.0 Å². The summed E-state index contributed by atoms with van der Waals surface area (Å²) < 4.78 is 0. The first kappa shape index (κ1) is 18.1. The van der Waals surface area contributed by atoms with Crippen LogP contribution in [-0.4, -0.2) is 41.6 Å². The Morgan fingerprint density at radius 3 is 2.96 bits per heavy atom. The molecular weight excluding hydrogens is 304 g/mol. The molecule has 2 N–H and O–H groups in total. The average molecular weight is 335 g/mol. The molecule has 2 rings (SSSR count). The van der Waals surface area contributed by atoms with Gasteiger partial charge in [0.25, 0.3) is 0 Å². The molecule has 0 radical (unpaired) electrons. The van der Waals surface area contributed by atoms with E-state index in [2.05, 4.69) is 51.4 Å². The number of thioether (sulfide) groups is 1. The molecule has 23 heavy (non-hydrogen) atoms. The van der Waals surface area contributed by atoms with Gasteiger partial charge in [0, 0.05) is 36.8 Å². The van der Waals surface area contributed by atoms with Crippen molar-refractivity contribution in [2.75, 3.05) is 19.3 Å². The number of aliphatic imine (C=N–C) groups is 1. The van der Waals surface area contributed by atoms with Crippen LogP contribution in [-0.2, 0) is 6.42 Å². The van der Waals surface area contributed by atoms with Crippen LogP contribution in [0, 0.1) is 6.92 Å². The molecule has 0 spiro atoms. The maximum absolute atomic E-state index is 4.37. The summed E-state index contributed by atoms with van der Waals surface area (Å²) in [6, 6.07) is 4.77. The largest absolute Gasteiger partial charge is 0.356 e. The van der Waals surface area contributed by atoms with E-state index in [4.69, 9.17) is 0 Å². The SMILES string of the molecule is CCSC1CCCC(NC(=NC)NCCc2ccc(C)nc2)C1. The van der Waals surface area contributed by atoms with Crippen LogP contribution in [0.3, 0.4) is 0 Å². The van der Waals surface area contributed by atoms with Gasteiger partial charge in [-0.25, -0.2) is 0 Å². The van der Waals surface area contributed by atoms with E-state index in [9.17, 15) is 0 Å². The van der Waals surface area contributed by atoms with E-state index in [1.54, 1.807) is 0 Å². The van der Waals surface area contributed by atoms with Crippen LogP contribution in [0.1, 0.15) is 43.9 Å².